The number of rotatable bonds is 7. The molecule has 19 heteroatoms. The Hall–Kier alpha value is -0.760. The van der Waals surface area contributed by atoms with E-state index in [1.165, 1.54) is 0 Å². The molecule has 0 aromatic rings. The van der Waals surface area contributed by atoms with Crippen molar-refractivity contribution >= 4 is 0 Å². The van der Waals surface area contributed by atoms with Crippen LogP contribution in [0.25, 0.3) is 0 Å². The highest BCUT2D eigenvalue weighted by Gasteiger charge is 2.64. The molecule has 0 spiro atoms. The third kappa shape index (κ3) is 7.07. The van der Waals surface area contributed by atoms with Crippen molar-refractivity contribution in [1.29, 1.82) is 0 Å². The number of ether oxygens (including phenoxy) is 7. The summed E-state index contributed by atoms with van der Waals surface area (Å²) in [5, 5.41) is 128. The summed E-state index contributed by atoms with van der Waals surface area (Å²) in [7, 11) is 0. The molecule has 25 atom stereocenters. The molecule has 7 aliphatic rings. The number of hydrogen-bond acceptors (Lipinski definition) is 19. The van der Waals surface area contributed by atoms with Crippen LogP contribution < -0.4 is 0 Å². The van der Waals surface area contributed by atoms with E-state index in [2.05, 4.69) is 0 Å². The Morgan fingerprint density at radius 1 is 0.593 bits per heavy atom. The van der Waals surface area contributed by atoms with Crippen molar-refractivity contribution in [2.75, 3.05) is 13.2 Å². The molecule has 0 amide bonds. The van der Waals surface area contributed by atoms with Crippen LogP contribution in [0.4, 0.5) is 0 Å². The summed E-state index contributed by atoms with van der Waals surface area (Å²) in [6.45, 7) is 4.22. The number of aliphatic hydroxyl groups is 12. The molecule has 312 valence electrons. The van der Waals surface area contributed by atoms with E-state index in [4.69, 9.17) is 33.2 Å². The van der Waals surface area contributed by atoms with Crippen LogP contribution in [-0.2, 0) is 33.2 Å². The minimum absolute atomic E-state index is 0.0609. The topological polar surface area (TPSA) is 307 Å². The van der Waals surface area contributed by atoms with Gasteiger partial charge in [-0.15, -0.1) is 0 Å². The summed E-state index contributed by atoms with van der Waals surface area (Å²) in [5.74, 6) is -0.527. The van der Waals surface area contributed by atoms with Crippen LogP contribution >= 0.6 is 0 Å². The van der Waals surface area contributed by atoms with E-state index < -0.39 is 164 Å². The van der Waals surface area contributed by atoms with Crippen molar-refractivity contribution in [2.45, 2.75) is 198 Å². The quantitative estimate of drug-likeness (QED) is 0.115. The second-order valence-electron chi connectivity index (χ2n) is 17.1. The minimum Gasteiger partial charge on any atom is -0.396 e. The second-order valence-corrected chi connectivity index (χ2v) is 17.1. The van der Waals surface area contributed by atoms with Gasteiger partial charge in [-0.3, -0.25) is 0 Å². The molecule has 0 aromatic carbocycles. The summed E-state index contributed by atoms with van der Waals surface area (Å²) in [6, 6.07) is 0. The molecule has 12 N–H and O–H groups in total. The Bertz CT molecular complexity index is 1300. The van der Waals surface area contributed by atoms with E-state index in [0.29, 0.717) is 0 Å². The molecule has 19 nitrogen and oxygen atoms in total. The SMILES string of the molecule is C[C@H](CO)[C@@H]1O[C@H]2[C@@H](O[C@@H]3C[C@@H]4O[C@@H]5[C@@H](O)[C@@H]6O[C@H]([C@H](O)[C@@H](O)C[C@@H]7O[C@H](CO)[C@@H](O)[C@@H](O)[C@H]7O)[C@H](O)C[C@H]6O[C@@]5(C)C[C@H]4O[C@@]3(C)C[C@H]2O)[C@@H](O)[C@H]1O. The highest BCUT2D eigenvalue weighted by atomic mass is 16.6. The molecule has 0 unspecified atom stereocenters. The van der Waals surface area contributed by atoms with Crippen LogP contribution in [0.3, 0.4) is 0 Å². The summed E-state index contributed by atoms with van der Waals surface area (Å²) in [5.41, 5.74) is -2.23. The lowest BCUT2D eigenvalue weighted by molar-refractivity contribution is -0.371. The average molecular weight is 783 g/mol. The van der Waals surface area contributed by atoms with Gasteiger partial charge in [0.25, 0.3) is 0 Å². The van der Waals surface area contributed by atoms with Crippen LogP contribution in [0.2, 0.25) is 0 Å². The van der Waals surface area contributed by atoms with Gasteiger partial charge in [0.05, 0.1) is 72.7 Å². The molecule has 7 saturated heterocycles. The molecule has 7 heterocycles. The Balaban J connectivity index is 1.03. The molecule has 54 heavy (non-hydrogen) atoms. The van der Waals surface area contributed by atoms with Gasteiger partial charge in [0, 0.05) is 44.6 Å². The molecule has 0 aliphatic carbocycles. The van der Waals surface area contributed by atoms with Gasteiger partial charge in [-0.25, -0.2) is 0 Å². The summed E-state index contributed by atoms with van der Waals surface area (Å²) < 4.78 is 43.6. The largest absolute Gasteiger partial charge is 0.396 e. The fraction of sp³-hybridized carbons (Fsp3) is 1.00. The fourth-order valence-electron chi connectivity index (χ4n) is 9.97. The molecule has 0 saturated carbocycles. The standard InChI is InChI=1S/C35H58O19/c1-11(9-36)28-25(45)26(46)32-30(51-28)14(40)7-34(2)20(50-32)6-15-18(54-34)8-35(3)33(49-15)27(47)31-17(53-35)5-13(39)29(52-31)21(41)12(38)4-16-22(42)24(44)23(43)19(10-37)48-16/h11-33,36-47H,4-10H2,1-3H3/t11-,12+,13-,14-,15+,16+,17-,18-,19-,20-,21-,22+,23-,24+,25-,26+,27+,28+,29+,30-,31-,32+,33-,34+,35+/m1/s1. The van der Waals surface area contributed by atoms with E-state index in [-0.39, 0.29) is 32.3 Å². The van der Waals surface area contributed by atoms with Gasteiger partial charge in [-0.2, -0.15) is 0 Å². The first kappa shape index (κ1) is 41.4. The first-order valence-electron chi connectivity index (χ1n) is 19.1. The van der Waals surface area contributed by atoms with Crippen LogP contribution in [0.5, 0.6) is 0 Å². The highest BCUT2D eigenvalue weighted by Crippen LogP contribution is 2.51. The van der Waals surface area contributed by atoms with Gasteiger partial charge < -0.3 is 94.4 Å². The van der Waals surface area contributed by atoms with Crippen molar-refractivity contribution in [3.05, 3.63) is 0 Å². The van der Waals surface area contributed by atoms with E-state index in [9.17, 15) is 61.3 Å². The lowest BCUT2D eigenvalue weighted by Gasteiger charge is -2.60. The third-order valence-electron chi connectivity index (χ3n) is 13.1. The molecule has 0 radical (unpaired) electrons. The molecule has 0 aromatic heterocycles. The molecule has 7 aliphatic heterocycles. The van der Waals surface area contributed by atoms with Crippen molar-refractivity contribution in [1.82, 2.24) is 0 Å². The molecule has 0 bridgehead atoms. The van der Waals surface area contributed by atoms with Gasteiger partial charge >= 0.3 is 0 Å². The zero-order chi connectivity index (χ0) is 39.2. The third-order valence-corrected chi connectivity index (χ3v) is 13.1. The van der Waals surface area contributed by atoms with Crippen molar-refractivity contribution in [3.8, 4) is 0 Å². The average Bonchev–Trinajstić information content (AvgIpc) is 3.23. The van der Waals surface area contributed by atoms with Crippen molar-refractivity contribution in [3.63, 3.8) is 0 Å². The first-order valence-corrected chi connectivity index (χ1v) is 19.1. The Morgan fingerprint density at radius 3 is 1.94 bits per heavy atom. The monoisotopic (exact) mass is 782 g/mol. The number of fused-ring (bicyclic) bond motifs is 5. The van der Waals surface area contributed by atoms with Gasteiger partial charge in [0.2, 0.25) is 0 Å². The predicted molar refractivity (Wildman–Crippen MR) is 176 cm³/mol. The zero-order valence-electron chi connectivity index (χ0n) is 30.5. The van der Waals surface area contributed by atoms with Gasteiger partial charge in [0.1, 0.15) is 79.4 Å². The fourth-order valence-corrected chi connectivity index (χ4v) is 9.97. The van der Waals surface area contributed by atoms with E-state index in [0.717, 1.165) is 0 Å². The summed E-state index contributed by atoms with van der Waals surface area (Å²) in [6.07, 6.45) is -27.1. The Labute approximate surface area is 311 Å². The minimum atomic E-state index is -1.76. The maximum atomic E-state index is 11.8. The molecule has 7 rings (SSSR count). The lowest BCUT2D eigenvalue weighted by Crippen LogP contribution is -2.73. The van der Waals surface area contributed by atoms with Crippen molar-refractivity contribution < 1.29 is 94.4 Å². The van der Waals surface area contributed by atoms with Gasteiger partial charge in [-0.05, 0) is 13.8 Å². The second kappa shape index (κ2) is 15.4. The Morgan fingerprint density at radius 2 is 1.26 bits per heavy atom. The first-order chi connectivity index (χ1) is 25.4. The summed E-state index contributed by atoms with van der Waals surface area (Å²) in [4.78, 5) is 0. The molecular weight excluding hydrogens is 724 g/mol. The van der Waals surface area contributed by atoms with E-state index >= 15 is 0 Å². The normalized spacial score (nSPS) is 56.5. The number of hydrogen-bond donors (Lipinski definition) is 12. The van der Waals surface area contributed by atoms with Crippen LogP contribution in [-0.4, -0.2) is 220 Å². The van der Waals surface area contributed by atoms with Crippen molar-refractivity contribution in [2.24, 2.45) is 5.92 Å². The van der Waals surface area contributed by atoms with Gasteiger partial charge in [0.15, 0.2) is 0 Å². The van der Waals surface area contributed by atoms with Crippen LogP contribution in [0.1, 0.15) is 52.9 Å². The van der Waals surface area contributed by atoms with E-state index in [1.54, 1.807) is 20.8 Å². The van der Waals surface area contributed by atoms with Gasteiger partial charge in [-0.1, -0.05) is 6.92 Å². The lowest BCUT2D eigenvalue weighted by atomic mass is 9.74. The molecule has 7 fully saturated rings. The van der Waals surface area contributed by atoms with Crippen LogP contribution in [0, 0.1) is 5.92 Å². The maximum Gasteiger partial charge on any atom is 0.115 e. The highest BCUT2D eigenvalue weighted by molar-refractivity contribution is 5.12. The molecular formula is C35H58O19. The predicted octanol–water partition coefficient (Wildman–Crippen LogP) is -5.68. The summed E-state index contributed by atoms with van der Waals surface area (Å²) >= 11 is 0. The maximum absolute atomic E-state index is 11.8. The number of aliphatic hydroxyl groups excluding tert-OH is 12. The smallest absolute Gasteiger partial charge is 0.115 e. The zero-order valence-corrected chi connectivity index (χ0v) is 30.5. The van der Waals surface area contributed by atoms with Crippen LogP contribution in [0.15, 0.2) is 0 Å². The Kier molecular flexibility index (Phi) is 11.8. The van der Waals surface area contributed by atoms with E-state index in [1.807, 2.05) is 0 Å².